The molecule has 3 rings (SSSR count). The maximum atomic E-state index is 12.6. The Morgan fingerprint density at radius 2 is 1.86 bits per heavy atom. The van der Waals surface area contributed by atoms with E-state index in [1.54, 1.807) is 17.0 Å². The number of nitrogens with one attached hydrogen (secondary N) is 1. The van der Waals surface area contributed by atoms with Crippen LogP contribution < -0.4 is 10.1 Å². The maximum absolute atomic E-state index is 12.6. The van der Waals surface area contributed by atoms with Gasteiger partial charge in [-0.1, -0.05) is 66.2 Å². The fourth-order valence-corrected chi connectivity index (χ4v) is 4.14. The average molecular weight is 504 g/mol. The summed E-state index contributed by atoms with van der Waals surface area (Å²) in [6, 6.07) is 23.9. The average Bonchev–Trinajstić information content (AvgIpc) is 2.87. The van der Waals surface area contributed by atoms with E-state index in [2.05, 4.69) is 30.4 Å². The number of hydrogen-bond acceptors (Lipinski definition) is 4. The molecule has 36 heavy (non-hydrogen) atoms. The van der Waals surface area contributed by atoms with E-state index in [1.807, 2.05) is 42.5 Å². The molecule has 0 atom stereocenters. The molecule has 0 aliphatic carbocycles. The fourth-order valence-electron chi connectivity index (χ4n) is 3.89. The minimum absolute atomic E-state index is 0.132. The first-order valence-corrected chi connectivity index (χ1v) is 12.2. The number of rotatable bonds is 11. The molecule has 0 aliphatic heterocycles. The summed E-state index contributed by atoms with van der Waals surface area (Å²) in [7, 11) is 0. The Morgan fingerprint density at radius 3 is 2.56 bits per heavy atom. The third kappa shape index (κ3) is 7.59. The van der Waals surface area contributed by atoms with Crippen molar-refractivity contribution in [3.05, 3.63) is 88.4 Å². The van der Waals surface area contributed by atoms with E-state index >= 15 is 0 Å². The van der Waals surface area contributed by atoms with Gasteiger partial charge in [-0.25, -0.2) is 0 Å². The first-order valence-electron chi connectivity index (χ1n) is 11.8. The van der Waals surface area contributed by atoms with Crippen molar-refractivity contribution < 1.29 is 14.3 Å². The van der Waals surface area contributed by atoms with Crippen LogP contribution in [0.5, 0.6) is 5.75 Å². The lowest BCUT2D eigenvalue weighted by Crippen LogP contribution is -2.37. The van der Waals surface area contributed by atoms with E-state index in [0.717, 1.165) is 22.3 Å². The molecular weight excluding hydrogens is 474 g/mol. The number of halogens is 1. The van der Waals surface area contributed by atoms with E-state index < -0.39 is 0 Å². The number of ether oxygens (including phenoxy) is 1. The molecule has 3 aromatic carbocycles. The zero-order chi connectivity index (χ0) is 25.9. The third-order valence-electron chi connectivity index (χ3n) is 5.84. The van der Waals surface area contributed by atoms with Crippen molar-refractivity contribution in [3.63, 3.8) is 0 Å². The van der Waals surface area contributed by atoms with E-state index in [4.69, 9.17) is 21.6 Å². The van der Waals surface area contributed by atoms with Crippen molar-refractivity contribution in [2.24, 2.45) is 0 Å². The minimum atomic E-state index is -0.159. The molecule has 0 saturated carbocycles. The van der Waals surface area contributed by atoms with Gasteiger partial charge in [0.25, 0.3) is 0 Å². The van der Waals surface area contributed by atoms with Crippen molar-refractivity contribution in [3.8, 4) is 22.9 Å². The SMILES string of the molecule is CC(=O)NCCN(Cc1ccc(OCc2cccc(-c3ccccc3)c2C)c(Cl)c1)C(=O)CCC#N. The highest BCUT2D eigenvalue weighted by Crippen LogP contribution is 2.29. The Balaban J connectivity index is 1.68. The van der Waals surface area contributed by atoms with Gasteiger partial charge in [-0.15, -0.1) is 0 Å². The van der Waals surface area contributed by atoms with E-state index in [9.17, 15) is 9.59 Å². The van der Waals surface area contributed by atoms with Gasteiger partial charge in [0.1, 0.15) is 12.4 Å². The number of carbonyl (C=O) groups is 2. The van der Waals surface area contributed by atoms with Gasteiger partial charge in [0.05, 0.1) is 11.1 Å². The molecule has 3 aromatic rings. The summed E-state index contributed by atoms with van der Waals surface area (Å²) in [5.41, 5.74) is 5.39. The zero-order valence-electron chi connectivity index (χ0n) is 20.6. The van der Waals surface area contributed by atoms with Gasteiger partial charge in [0, 0.05) is 39.4 Å². The Labute approximate surface area is 217 Å². The number of amides is 2. The normalized spacial score (nSPS) is 10.4. The predicted molar refractivity (Wildman–Crippen MR) is 141 cm³/mol. The van der Waals surface area contributed by atoms with Gasteiger partial charge in [0.2, 0.25) is 11.8 Å². The molecule has 0 radical (unpaired) electrons. The second-order valence-electron chi connectivity index (χ2n) is 8.47. The first kappa shape index (κ1) is 26.8. The second kappa shape index (κ2) is 13.3. The highest BCUT2D eigenvalue weighted by atomic mass is 35.5. The lowest BCUT2D eigenvalue weighted by Gasteiger charge is -2.23. The highest BCUT2D eigenvalue weighted by molar-refractivity contribution is 6.32. The Kier molecular flexibility index (Phi) is 9.91. The van der Waals surface area contributed by atoms with Crippen LogP contribution in [0.1, 0.15) is 36.5 Å². The summed E-state index contributed by atoms with van der Waals surface area (Å²) in [5, 5.41) is 12.0. The Bertz CT molecular complexity index is 1240. The second-order valence-corrected chi connectivity index (χ2v) is 8.87. The Hall–Kier alpha value is -3.82. The molecule has 0 aliphatic rings. The predicted octanol–water partition coefficient (Wildman–Crippen LogP) is 5.66. The summed E-state index contributed by atoms with van der Waals surface area (Å²) in [6.45, 7) is 4.90. The van der Waals surface area contributed by atoms with Crippen LogP contribution in [-0.4, -0.2) is 29.8 Å². The van der Waals surface area contributed by atoms with Crippen LogP contribution in [0.15, 0.2) is 66.7 Å². The molecule has 0 saturated heterocycles. The van der Waals surface area contributed by atoms with Crippen molar-refractivity contribution in [2.45, 2.75) is 39.8 Å². The molecule has 2 amide bonds. The summed E-state index contributed by atoms with van der Waals surface area (Å²) >= 11 is 6.53. The van der Waals surface area contributed by atoms with Crippen LogP contribution in [0, 0.1) is 18.3 Å². The molecule has 186 valence electrons. The zero-order valence-corrected chi connectivity index (χ0v) is 21.3. The number of hydrogen-bond donors (Lipinski definition) is 1. The molecule has 0 fully saturated rings. The van der Waals surface area contributed by atoms with E-state index in [1.165, 1.54) is 12.5 Å². The topological polar surface area (TPSA) is 82.4 Å². The summed E-state index contributed by atoms with van der Waals surface area (Å²) in [6.07, 6.45) is 0.279. The van der Waals surface area contributed by atoms with Crippen LogP contribution in [0.3, 0.4) is 0 Å². The molecule has 1 N–H and O–H groups in total. The smallest absolute Gasteiger partial charge is 0.223 e. The molecule has 0 aromatic heterocycles. The lowest BCUT2D eigenvalue weighted by molar-refractivity contribution is -0.132. The quantitative estimate of drug-likeness (QED) is 0.366. The molecular formula is C29H30ClN3O3. The summed E-state index contributed by atoms with van der Waals surface area (Å²) in [5.74, 6) is 0.256. The molecule has 0 unspecified atom stereocenters. The van der Waals surface area contributed by atoms with Gasteiger partial charge < -0.3 is 15.0 Å². The fraction of sp³-hybridized carbons (Fsp3) is 0.276. The first-order chi connectivity index (χ1) is 17.4. The molecule has 0 bridgehead atoms. The van der Waals surface area contributed by atoms with Gasteiger partial charge in [0.15, 0.2) is 0 Å². The van der Waals surface area contributed by atoms with Gasteiger partial charge in [-0.05, 0) is 46.9 Å². The van der Waals surface area contributed by atoms with Crippen molar-refractivity contribution in [1.29, 1.82) is 5.26 Å². The van der Waals surface area contributed by atoms with Crippen LogP contribution in [0.2, 0.25) is 5.02 Å². The molecule has 0 heterocycles. The van der Waals surface area contributed by atoms with E-state index in [0.29, 0.717) is 37.0 Å². The minimum Gasteiger partial charge on any atom is -0.487 e. The third-order valence-corrected chi connectivity index (χ3v) is 6.14. The van der Waals surface area contributed by atoms with Gasteiger partial charge in [-0.2, -0.15) is 5.26 Å². The van der Waals surface area contributed by atoms with Crippen LogP contribution >= 0.6 is 11.6 Å². The maximum Gasteiger partial charge on any atom is 0.223 e. The number of nitriles is 1. The summed E-state index contributed by atoms with van der Waals surface area (Å²) < 4.78 is 6.05. The largest absolute Gasteiger partial charge is 0.487 e. The van der Waals surface area contributed by atoms with Crippen molar-refractivity contribution in [2.75, 3.05) is 13.1 Å². The van der Waals surface area contributed by atoms with Gasteiger partial charge >= 0.3 is 0 Å². The van der Waals surface area contributed by atoms with Crippen LogP contribution in [-0.2, 0) is 22.7 Å². The molecule has 7 heteroatoms. The standard InChI is InChI=1S/C29H30ClN3O3/c1-21-25(10-6-11-26(21)24-8-4-3-5-9-24)20-36-28-14-13-23(18-27(28)30)19-33(17-16-32-22(2)34)29(35)12-7-15-31/h3-6,8-11,13-14,18H,7,12,16-17,19-20H2,1-2H3,(H,32,34). The monoisotopic (exact) mass is 503 g/mol. The van der Waals surface area contributed by atoms with E-state index in [-0.39, 0.29) is 24.7 Å². The molecule has 0 spiro atoms. The van der Waals surface area contributed by atoms with Crippen molar-refractivity contribution in [1.82, 2.24) is 10.2 Å². The van der Waals surface area contributed by atoms with Crippen molar-refractivity contribution >= 4 is 23.4 Å². The molecule has 6 nitrogen and oxygen atoms in total. The lowest BCUT2D eigenvalue weighted by atomic mass is 9.97. The highest BCUT2D eigenvalue weighted by Gasteiger charge is 2.15. The number of benzene rings is 3. The number of carbonyl (C=O) groups excluding carboxylic acids is 2. The Morgan fingerprint density at radius 1 is 1.08 bits per heavy atom. The number of nitrogens with zero attached hydrogens (tertiary/aromatic N) is 2. The summed E-state index contributed by atoms with van der Waals surface area (Å²) in [4.78, 5) is 25.4. The van der Waals surface area contributed by atoms with Crippen LogP contribution in [0.25, 0.3) is 11.1 Å². The van der Waals surface area contributed by atoms with Gasteiger partial charge in [-0.3, -0.25) is 9.59 Å². The van der Waals surface area contributed by atoms with Crippen LogP contribution in [0.4, 0.5) is 0 Å².